The minimum Gasteiger partial charge on any atom is -0.497 e. The van der Waals surface area contributed by atoms with Crippen molar-refractivity contribution in [1.82, 2.24) is 0 Å². The first-order valence-electron chi connectivity index (χ1n) is 7.51. The molecule has 2 nitrogen and oxygen atoms in total. The molecule has 1 atom stereocenters. The first-order chi connectivity index (χ1) is 10.3. The Hall–Kier alpha value is -2.09. The van der Waals surface area contributed by atoms with Crippen molar-refractivity contribution in [3.05, 3.63) is 65.2 Å². The monoisotopic (exact) mass is 280 g/mol. The van der Waals surface area contributed by atoms with Gasteiger partial charge < -0.3 is 4.74 Å². The van der Waals surface area contributed by atoms with Crippen LogP contribution in [0.4, 0.5) is 0 Å². The molecule has 3 rings (SSSR count). The summed E-state index contributed by atoms with van der Waals surface area (Å²) in [6.45, 7) is 0. The molecule has 1 aliphatic carbocycles. The Morgan fingerprint density at radius 2 is 1.90 bits per heavy atom. The van der Waals surface area contributed by atoms with E-state index in [0.29, 0.717) is 12.2 Å². The van der Waals surface area contributed by atoms with Gasteiger partial charge in [0.15, 0.2) is 0 Å². The highest BCUT2D eigenvalue weighted by atomic mass is 16.5. The zero-order chi connectivity index (χ0) is 14.7. The highest BCUT2D eigenvalue weighted by Crippen LogP contribution is 2.33. The van der Waals surface area contributed by atoms with Crippen molar-refractivity contribution in [2.75, 3.05) is 7.11 Å². The number of fused-ring (bicyclic) bond motifs is 1. The number of rotatable bonds is 3. The maximum absolute atomic E-state index is 12.5. The van der Waals surface area contributed by atoms with Crippen molar-refractivity contribution < 1.29 is 9.53 Å². The number of ether oxygens (including phenoxy) is 1. The second-order valence-electron chi connectivity index (χ2n) is 5.63. The van der Waals surface area contributed by atoms with Gasteiger partial charge in [-0.1, -0.05) is 36.4 Å². The molecule has 21 heavy (non-hydrogen) atoms. The highest BCUT2D eigenvalue weighted by Gasteiger charge is 2.26. The third kappa shape index (κ3) is 2.99. The van der Waals surface area contributed by atoms with Gasteiger partial charge in [0.1, 0.15) is 11.5 Å². The Balaban J connectivity index is 1.97. The zero-order valence-corrected chi connectivity index (χ0v) is 12.3. The molecule has 0 radical (unpaired) electrons. The molecule has 0 bridgehead atoms. The quantitative estimate of drug-likeness (QED) is 0.796. The zero-order valence-electron chi connectivity index (χ0n) is 12.3. The topological polar surface area (TPSA) is 26.3 Å². The van der Waals surface area contributed by atoms with Gasteiger partial charge in [-0.15, -0.1) is 0 Å². The minimum atomic E-state index is -0.0178. The molecule has 0 spiro atoms. The Labute approximate surface area is 125 Å². The second-order valence-corrected chi connectivity index (χ2v) is 5.63. The van der Waals surface area contributed by atoms with E-state index in [4.69, 9.17) is 4.74 Å². The number of hydrogen-bond donors (Lipinski definition) is 0. The largest absolute Gasteiger partial charge is 0.497 e. The molecular weight excluding hydrogens is 260 g/mol. The van der Waals surface area contributed by atoms with Crippen LogP contribution < -0.4 is 4.74 Å². The average Bonchev–Trinajstić information content (AvgIpc) is 2.67. The van der Waals surface area contributed by atoms with Crippen molar-refractivity contribution in [3.63, 3.8) is 0 Å². The predicted molar refractivity (Wildman–Crippen MR) is 83.8 cm³/mol. The molecule has 2 aromatic rings. The van der Waals surface area contributed by atoms with Crippen LogP contribution in [0.5, 0.6) is 5.75 Å². The molecule has 1 aliphatic rings. The second kappa shape index (κ2) is 6.13. The lowest BCUT2D eigenvalue weighted by molar-refractivity contribution is -0.120. The summed E-state index contributed by atoms with van der Waals surface area (Å²) in [7, 11) is 1.69. The van der Waals surface area contributed by atoms with E-state index in [-0.39, 0.29) is 5.92 Å². The van der Waals surface area contributed by atoms with E-state index in [1.165, 1.54) is 16.7 Å². The SMILES string of the molecule is COc1ccc2c(c1)CCCC(=O)C2Cc1ccccc1. The van der Waals surface area contributed by atoms with E-state index in [0.717, 1.165) is 25.0 Å². The van der Waals surface area contributed by atoms with Gasteiger partial charge in [-0.2, -0.15) is 0 Å². The van der Waals surface area contributed by atoms with Crippen LogP contribution >= 0.6 is 0 Å². The molecule has 0 amide bonds. The van der Waals surface area contributed by atoms with Crippen LogP contribution in [-0.2, 0) is 17.6 Å². The number of ketones is 1. The summed E-state index contributed by atoms with van der Waals surface area (Å²) < 4.78 is 5.32. The van der Waals surface area contributed by atoms with Gasteiger partial charge in [-0.05, 0) is 48.1 Å². The van der Waals surface area contributed by atoms with Crippen LogP contribution in [0, 0.1) is 0 Å². The van der Waals surface area contributed by atoms with Gasteiger partial charge >= 0.3 is 0 Å². The van der Waals surface area contributed by atoms with E-state index in [9.17, 15) is 4.79 Å². The number of methoxy groups -OCH3 is 1. The van der Waals surface area contributed by atoms with Crippen molar-refractivity contribution in [2.45, 2.75) is 31.6 Å². The fourth-order valence-electron chi connectivity index (χ4n) is 3.14. The van der Waals surface area contributed by atoms with E-state index >= 15 is 0 Å². The van der Waals surface area contributed by atoms with Gasteiger partial charge in [-0.3, -0.25) is 4.79 Å². The molecule has 0 saturated carbocycles. The molecule has 0 aromatic heterocycles. The Kier molecular flexibility index (Phi) is 4.05. The highest BCUT2D eigenvalue weighted by molar-refractivity contribution is 5.87. The normalized spacial score (nSPS) is 18.0. The summed E-state index contributed by atoms with van der Waals surface area (Å²) in [6, 6.07) is 16.4. The van der Waals surface area contributed by atoms with Crippen LogP contribution in [-0.4, -0.2) is 12.9 Å². The van der Waals surface area contributed by atoms with Crippen LogP contribution in [0.15, 0.2) is 48.5 Å². The molecular formula is C19H20O2. The van der Waals surface area contributed by atoms with Crippen molar-refractivity contribution in [3.8, 4) is 5.75 Å². The predicted octanol–water partition coefficient (Wildman–Crippen LogP) is 3.93. The van der Waals surface area contributed by atoms with Crippen molar-refractivity contribution in [1.29, 1.82) is 0 Å². The van der Waals surface area contributed by atoms with E-state index in [1.807, 2.05) is 24.3 Å². The lowest BCUT2D eigenvalue weighted by Crippen LogP contribution is -2.14. The molecule has 2 aromatic carbocycles. The lowest BCUT2D eigenvalue weighted by atomic mass is 9.86. The third-order valence-electron chi connectivity index (χ3n) is 4.27. The van der Waals surface area contributed by atoms with Crippen LogP contribution in [0.25, 0.3) is 0 Å². The molecule has 2 heteroatoms. The van der Waals surface area contributed by atoms with Crippen LogP contribution in [0.3, 0.4) is 0 Å². The lowest BCUT2D eigenvalue weighted by Gasteiger charge is -2.17. The third-order valence-corrected chi connectivity index (χ3v) is 4.27. The van der Waals surface area contributed by atoms with E-state index in [2.05, 4.69) is 24.3 Å². The molecule has 1 unspecified atom stereocenters. The van der Waals surface area contributed by atoms with Crippen molar-refractivity contribution in [2.24, 2.45) is 0 Å². The van der Waals surface area contributed by atoms with Gasteiger partial charge in [0.25, 0.3) is 0 Å². The summed E-state index contributed by atoms with van der Waals surface area (Å²) in [4.78, 5) is 12.5. The Bertz CT molecular complexity index is 631. The fraction of sp³-hybridized carbons (Fsp3) is 0.316. The summed E-state index contributed by atoms with van der Waals surface area (Å²) in [6.07, 6.45) is 3.36. The summed E-state index contributed by atoms with van der Waals surface area (Å²) in [5.74, 6) is 1.22. The Morgan fingerprint density at radius 1 is 1.10 bits per heavy atom. The standard InChI is InChI=1S/C19H20O2/c1-21-16-10-11-17-15(13-16)8-5-9-19(20)18(17)12-14-6-3-2-4-7-14/h2-4,6-7,10-11,13,18H,5,8-9,12H2,1H3. The smallest absolute Gasteiger partial charge is 0.140 e. The number of carbonyl (C=O) groups excluding carboxylic acids is 1. The fourth-order valence-corrected chi connectivity index (χ4v) is 3.14. The molecule has 0 fully saturated rings. The maximum atomic E-state index is 12.5. The minimum absolute atomic E-state index is 0.0178. The van der Waals surface area contributed by atoms with E-state index in [1.54, 1.807) is 7.11 Å². The Morgan fingerprint density at radius 3 is 2.67 bits per heavy atom. The first kappa shape index (κ1) is 13.9. The van der Waals surface area contributed by atoms with Gasteiger partial charge in [-0.25, -0.2) is 0 Å². The molecule has 0 aliphatic heterocycles. The molecule has 0 heterocycles. The molecule has 0 N–H and O–H groups in total. The summed E-state index contributed by atoms with van der Waals surface area (Å²) in [5, 5.41) is 0. The summed E-state index contributed by atoms with van der Waals surface area (Å²) >= 11 is 0. The molecule has 108 valence electrons. The van der Waals surface area contributed by atoms with Crippen LogP contribution in [0.1, 0.15) is 35.4 Å². The van der Waals surface area contributed by atoms with E-state index < -0.39 is 0 Å². The summed E-state index contributed by atoms with van der Waals surface area (Å²) in [5.41, 5.74) is 3.67. The first-order valence-corrected chi connectivity index (χ1v) is 7.51. The van der Waals surface area contributed by atoms with Crippen LogP contribution in [0.2, 0.25) is 0 Å². The number of hydrogen-bond acceptors (Lipinski definition) is 2. The number of carbonyl (C=O) groups is 1. The molecule has 0 saturated heterocycles. The van der Waals surface area contributed by atoms with Gasteiger partial charge in [0.2, 0.25) is 0 Å². The van der Waals surface area contributed by atoms with Crippen molar-refractivity contribution >= 4 is 5.78 Å². The maximum Gasteiger partial charge on any atom is 0.140 e. The number of aryl methyl sites for hydroxylation is 1. The number of Topliss-reactive ketones (excluding diaryl/α,β-unsaturated/α-hetero) is 1. The van der Waals surface area contributed by atoms with Gasteiger partial charge in [0.05, 0.1) is 7.11 Å². The number of benzene rings is 2. The van der Waals surface area contributed by atoms with Gasteiger partial charge in [0, 0.05) is 12.3 Å². The average molecular weight is 280 g/mol.